The van der Waals surface area contributed by atoms with Crippen LogP contribution in [-0.4, -0.2) is 43.5 Å². The second kappa shape index (κ2) is 6.45. The van der Waals surface area contributed by atoms with Gasteiger partial charge in [-0.3, -0.25) is 4.79 Å². The number of amides is 1. The third-order valence-corrected chi connectivity index (χ3v) is 4.08. The van der Waals surface area contributed by atoms with Crippen LogP contribution in [0.1, 0.15) is 19.3 Å². The van der Waals surface area contributed by atoms with Crippen LogP contribution in [0.3, 0.4) is 0 Å². The Morgan fingerprint density at radius 1 is 1.29 bits per heavy atom. The van der Waals surface area contributed by atoms with Gasteiger partial charge in [0.15, 0.2) is 0 Å². The summed E-state index contributed by atoms with van der Waals surface area (Å²) in [6.07, 6.45) is 2.30. The van der Waals surface area contributed by atoms with Gasteiger partial charge >= 0.3 is 0 Å². The van der Waals surface area contributed by atoms with Crippen LogP contribution < -0.4 is 9.64 Å². The van der Waals surface area contributed by atoms with Gasteiger partial charge in [0.1, 0.15) is 11.9 Å². The summed E-state index contributed by atoms with van der Waals surface area (Å²) >= 11 is 0. The van der Waals surface area contributed by atoms with E-state index < -0.39 is 0 Å². The van der Waals surface area contributed by atoms with E-state index in [0.717, 1.165) is 37.5 Å². The number of carbonyl (C=O) groups excluding carboxylic acids is 1. The summed E-state index contributed by atoms with van der Waals surface area (Å²) < 4.78 is 11.4. The molecule has 21 heavy (non-hydrogen) atoms. The fourth-order valence-corrected chi connectivity index (χ4v) is 2.89. The highest BCUT2D eigenvalue weighted by Crippen LogP contribution is 2.34. The van der Waals surface area contributed by atoms with Crippen molar-refractivity contribution in [2.75, 3.05) is 31.3 Å². The molecule has 3 rings (SSSR count). The van der Waals surface area contributed by atoms with Gasteiger partial charge in [-0.2, -0.15) is 0 Å². The Labute approximate surface area is 124 Å². The van der Waals surface area contributed by atoms with Crippen LogP contribution in [0.25, 0.3) is 0 Å². The maximum absolute atomic E-state index is 12.1. The van der Waals surface area contributed by atoms with Gasteiger partial charge in [-0.1, -0.05) is 12.1 Å². The molecular formula is C16H21NO4. The van der Waals surface area contributed by atoms with Crippen LogP contribution in [0, 0.1) is 5.92 Å². The van der Waals surface area contributed by atoms with Crippen LogP contribution in [-0.2, 0) is 9.53 Å². The van der Waals surface area contributed by atoms with Crippen LogP contribution in [0.5, 0.6) is 5.75 Å². The molecule has 1 aromatic carbocycles. The number of aliphatic hydroxyl groups excluding tert-OH is 1. The van der Waals surface area contributed by atoms with Crippen molar-refractivity contribution in [2.24, 2.45) is 5.92 Å². The van der Waals surface area contributed by atoms with E-state index in [9.17, 15) is 9.90 Å². The van der Waals surface area contributed by atoms with Crippen LogP contribution in [0.4, 0.5) is 5.69 Å². The van der Waals surface area contributed by atoms with Crippen molar-refractivity contribution in [3.8, 4) is 5.75 Å². The summed E-state index contributed by atoms with van der Waals surface area (Å²) in [4.78, 5) is 13.9. The highest BCUT2D eigenvalue weighted by Gasteiger charge is 2.32. The van der Waals surface area contributed by atoms with Crippen molar-refractivity contribution in [1.82, 2.24) is 0 Å². The molecular weight excluding hydrogens is 270 g/mol. The van der Waals surface area contributed by atoms with Crippen molar-refractivity contribution < 1.29 is 19.4 Å². The molecule has 1 N–H and O–H groups in total. The predicted octanol–water partition coefficient (Wildman–Crippen LogP) is 1.59. The summed E-state index contributed by atoms with van der Waals surface area (Å²) in [5, 5.41) is 9.25. The van der Waals surface area contributed by atoms with E-state index in [-0.39, 0.29) is 24.5 Å². The molecule has 1 unspecified atom stereocenters. The minimum absolute atomic E-state index is 0.0219. The number of hydrogen-bond acceptors (Lipinski definition) is 4. The molecule has 0 saturated carbocycles. The third-order valence-electron chi connectivity index (χ3n) is 4.08. The molecule has 5 nitrogen and oxygen atoms in total. The van der Waals surface area contributed by atoms with Crippen LogP contribution in [0.2, 0.25) is 0 Å². The smallest absolute Gasteiger partial charge is 0.227 e. The number of aliphatic hydroxyl groups is 1. The first-order valence-electron chi connectivity index (χ1n) is 7.52. The lowest BCUT2D eigenvalue weighted by atomic mass is 10.1. The zero-order chi connectivity index (χ0) is 14.7. The molecule has 0 bridgehead atoms. The number of nitrogens with zero attached hydrogens (tertiary/aromatic N) is 1. The van der Waals surface area contributed by atoms with Crippen molar-refractivity contribution in [3.05, 3.63) is 24.3 Å². The molecule has 5 heteroatoms. The van der Waals surface area contributed by atoms with Crippen molar-refractivity contribution >= 4 is 11.6 Å². The van der Waals surface area contributed by atoms with E-state index in [4.69, 9.17) is 9.47 Å². The van der Waals surface area contributed by atoms with Crippen molar-refractivity contribution in [2.45, 2.75) is 25.4 Å². The lowest BCUT2D eigenvalue weighted by Crippen LogP contribution is -2.29. The fourth-order valence-electron chi connectivity index (χ4n) is 2.89. The normalized spacial score (nSPS) is 23.6. The average Bonchev–Trinajstić information content (AvgIpc) is 2.90. The van der Waals surface area contributed by atoms with E-state index in [1.165, 1.54) is 0 Å². The van der Waals surface area contributed by atoms with Gasteiger partial charge < -0.3 is 19.5 Å². The van der Waals surface area contributed by atoms with Gasteiger partial charge in [-0.05, 0) is 12.1 Å². The minimum Gasteiger partial charge on any atom is -0.488 e. The lowest BCUT2D eigenvalue weighted by Gasteiger charge is -2.26. The molecule has 2 fully saturated rings. The topological polar surface area (TPSA) is 59.0 Å². The summed E-state index contributed by atoms with van der Waals surface area (Å²) in [6.45, 7) is 2.05. The molecule has 0 aliphatic carbocycles. The molecule has 2 aliphatic heterocycles. The van der Waals surface area contributed by atoms with E-state index >= 15 is 0 Å². The third kappa shape index (κ3) is 3.19. The van der Waals surface area contributed by atoms with Gasteiger partial charge in [-0.25, -0.2) is 0 Å². The fraction of sp³-hybridized carbons (Fsp3) is 0.562. The Morgan fingerprint density at radius 3 is 2.76 bits per heavy atom. The highest BCUT2D eigenvalue weighted by molar-refractivity contribution is 5.97. The van der Waals surface area contributed by atoms with E-state index in [1.807, 2.05) is 24.3 Å². The SMILES string of the molecule is O=C1CC(CO)CN1c1ccccc1OC1CCOCC1. The second-order valence-electron chi connectivity index (χ2n) is 5.65. The quantitative estimate of drug-likeness (QED) is 0.915. The first kappa shape index (κ1) is 14.4. The summed E-state index contributed by atoms with van der Waals surface area (Å²) in [5.41, 5.74) is 0.810. The van der Waals surface area contributed by atoms with Gasteiger partial charge in [-0.15, -0.1) is 0 Å². The predicted molar refractivity (Wildman–Crippen MR) is 78.5 cm³/mol. The number of benzene rings is 1. The van der Waals surface area contributed by atoms with Gasteiger partial charge in [0.05, 0.1) is 18.9 Å². The van der Waals surface area contributed by atoms with Crippen LogP contribution in [0.15, 0.2) is 24.3 Å². The second-order valence-corrected chi connectivity index (χ2v) is 5.65. The molecule has 1 amide bonds. The Hall–Kier alpha value is -1.59. The zero-order valence-corrected chi connectivity index (χ0v) is 12.0. The zero-order valence-electron chi connectivity index (χ0n) is 12.0. The number of anilines is 1. The molecule has 2 aliphatic rings. The maximum Gasteiger partial charge on any atom is 0.227 e. The Bertz CT molecular complexity index is 499. The summed E-state index contributed by atoms with van der Waals surface area (Å²) in [5.74, 6) is 0.821. The molecule has 2 saturated heterocycles. The monoisotopic (exact) mass is 291 g/mol. The molecule has 2 heterocycles. The standard InChI is InChI=1S/C16H21NO4/c18-11-12-9-16(19)17(10-12)14-3-1-2-4-15(14)21-13-5-7-20-8-6-13/h1-4,12-13,18H,5-11H2. The van der Waals surface area contributed by atoms with E-state index in [1.54, 1.807) is 4.90 Å². The summed E-state index contributed by atoms with van der Waals surface area (Å²) in [7, 11) is 0. The van der Waals surface area contributed by atoms with E-state index in [0.29, 0.717) is 13.0 Å². The van der Waals surface area contributed by atoms with Crippen molar-refractivity contribution in [1.29, 1.82) is 0 Å². The Morgan fingerprint density at radius 2 is 2.05 bits per heavy atom. The Kier molecular flexibility index (Phi) is 4.41. The largest absolute Gasteiger partial charge is 0.488 e. The first-order valence-corrected chi connectivity index (χ1v) is 7.52. The molecule has 0 spiro atoms. The van der Waals surface area contributed by atoms with Gasteiger partial charge in [0.25, 0.3) is 0 Å². The molecule has 1 aromatic rings. The Balaban J connectivity index is 1.77. The van der Waals surface area contributed by atoms with E-state index in [2.05, 4.69) is 0 Å². The van der Waals surface area contributed by atoms with Crippen molar-refractivity contribution in [3.63, 3.8) is 0 Å². The van der Waals surface area contributed by atoms with Gasteiger partial charge in [0, 0.05) is 38.3 Å². The molecule has 0 radical (unpaired) electrons. The molecule has 114 valence electrons. The number of rotatable bonds is 4. The minimum atomic E-state index is 0.0219. The van der Waals surface area contributed by atoms with Crippen LogP contribution >= 0.6 is 0 Å². The number of carbonyl (C=O) groups is 1. The molecule has 1 atom stereocenters. The number of para-hydroxylation sites is 2. The highest BCUT2D eigenvalue weighted by atomic mass is 16.5. The molecule has 0 aromatic heterocycles. The summed E-state index contributed by atoms with van der Waals surface area (Å²) in [6, 6.07) is 7.64. The van der Waals surface area contributed by atoms with Gasteiger partial charge in [0.2, 0.25) is 5.91 Å². The number of hydrogen-bond donors (Lipinski definition) is 1. The average molecular weight is 291 g/mol. The lowest BCUT2D eigenvalue weighted by molar-refractivity contribution is -0.117. The number of ether oxygens (including phenoxy) is 2. The maximum atomic E-state index is 12.1. The first-order chi connectivity index (χ1) is 10.3.